The van der Waals surface area contributed by atoms with E-state index in [0.29, 0.717) is 10.2 Å². The molecular formula is C15H21BrO. The van der Waals surface area contributed by atoms with E-state index in [1.807, 2.05) is 0 Å². The van der Waals surface area contributed by atoms with Gasteiger partial charge in [0.15, 0.2) is 0 Å². The smallest absolute Gasteiger partial charge is 0.119 e. The van der Waals surface area contributed by atoms with Crippen LogP contribution in [0.4, 0.5) is 0 Å². The van der Waals surface area contributed by atoms with Gasteiger partial charge in [0.1, 0.15) is 5.75 Å². The van der Waals surface area contributed by atoms with Crippen molar-refractivity contribution in [3.8, 4) is 5.75 Å². The summed E-state index contributed by atoms with van der Waals surface area (Å²) in [5.74, 6) is 0.973. The molecule has 17 heavy (non-hydrogen) atoms. The molecule has 0 heterocycles. The minimum absolute atomic E-state index is 0.245. The summed E-state index contributed by atoms with van der Waals surface area (Å²) in [6.07, 6.45) is 4.03. The first-order valence-corrected chi connectivity index (χ1v) is 7.32. The third-order valence-electron chi connectivity index (χ3n) is 3.60. The molecule has 0 N–H and O–H groups in total. The van der Waals surface area contributed by atoms with Crippen molar-refractivity contribution in [2.45, 2.75) is 56.4 Å². The van der Waals surface area contributed by atoms with E-state index < -0.39 is 0 Å². The monoisotopic (exact) mass is 296 g/mol. The number of hydrogen-bond acceptors (Lipinski definition) is 1. The fourth-order valence-electron chi connectivity index (χ4n) is 2.64. The predicted molar refractivity (Wildman–Crippen MR) is 76.1 cm³/mol. The van der Waals surface area contributed by atoms with Crippen molar-refractivity contribution in [1.82, 2.24) is 0 Å². The van der Waals surface area contributed by atoms with Gasteiger partial charge in [-0.05, 0) is 56.2 Å². The molecule has 0 aliphatic heterocycles. The lowest BCUT2D eigenvalue weighted by atomic mass is 9.81. The van der Waals surface area contributed by atoms with Crippen molar-refractivity contribution in [3.05, 3.63) is 29.8 Å². The molecule has 2 heteroatoms. The standard InChI is InChI=1S/C15H21BrO/c1-11(2)17-14-6-4-12(5-7-14)15(3)9-8-13(16)10-15/h4-7,11,13H,8-10H2,1-3H3. The summed E-state index contributed by atoms with van der Waals surface area (Å²) in [6.45, 7) is 6.48. The summed E-state index contributed by atoms with van der Waals surface area (Å²) >= 11 is 3.73. The summed E-state index contributed by atoms with van der Waals surface area (Å²) in [7, 11) is 0. The van der Waals surface area contributed by atoms with Crippen molar-refractivity contribution in [2.24, 2.45) is 0 Å². The van der Waals surface area contributed by atoms with E-state index in [1.54, 1.807) is 0 Å². The van der Waals surface area contributed by atoms with Crippen LogP contribution in [-0.4, -0.2) is 10.9 Å². The Morgan fingerprint density at radius 1 is 1.29 bits per heavy atom. The summed E-state index contributed by atoms with van der Waals surface area (Å²) in [4.78, 5) is 0.680. The molecule has 0 radical (unpaired) electrons. The molecule has 2 unspecified atom stereocenters. The van der Waals surface area contributed by atoms with Crippen LogP contribution in [0.2, 0.25) is 0 Å². The van der Waals surface area contributed by atoms with Gasteiger partial charge in [-0.1, -0.05) is 35.0 Å². The van der Waals surface area contributed by atoms with Gasteiger partial charge in [0.2, 0.25) is 0 Å². The first-order chi connectivity index (χ1) is 7.99. The van der Waals surface area contributed by atoms with Crippen LogP contribution < -0.4 is 4.74 Å². The zero-order valence-corrected chi connectivity index (χ0v) is 12.5. The van der Waals surface area contributed by atoms with Crippen LogP contribution >= 0.6 is 15.9 Å². The van der Waals surface area contributed by atoms with Gasteiger partial charge in [0.25, 0.3) is 0 Å². The third-order valence-corrected chi connectivity index (χ3v) is 4.39. The van der Waals surface area contributed by atoms with Crippen LogP contribution in [0, 0.1) is 0 Å². The maximum absolute atomic E-state index is 5.68. The SMILES string of the molecule is CC(C)Oc1ccc(C2(C)CCC(Br)C2)cc1. The Bertz CT molecular complexity index is 371. The van der Waals surface area contributed by atoms with Gasteiger partial charge in [-0.25, -0.2) is 0 Å². The zero-order valence-electron chi connectivity index (χ0n) is 10.9. The van der Waals surface area contributed by atoms with Gasteiger partial charge in [-0.15, -0.1) is 0 Å². The lowest BCUT2D eigenvalue weighted by molar-refractivity contribution is 0.242. The van der Waals surface area contributed by atoms with Gasteiger partial charge < -0.3 is 4.74 Å². The average molecular weight is 297 g/mol. The second kappa shape index (κ2) is 5.01. The van der Waals surface area contributed by atoms with Crippen LogP contribution in [0.5, 0.6) is 5.75 Å². The molecule has 94 valence electrons. The Labute approximate surface area is 113 Å². The topological polar surface area (TPSA) is 9.23 Å². The molecule has 0 aromatic heterocycles. The molecule has 2 rings (SSSR count). The molecule has 0 spiro atoms. The Morgan fingerprint density at radius 2 is 1.94 bits per heavy atom. The second-order valence-electron chi connectivity index (χ2n) is 5.59. The van der Waals surface area contributed by atoms with Gasteiger partial charge in [-0.3, -0.25) is 0 Å². The lowest BCUT2D eigenvalue weighted by Crippen LogP contribution is -2.17. The predicted octanol–water partition coefficient (Wildman–Crippen LogP) is 4.68. The zero-order chi connectivity index (χ0) is 12.5. The lowest BCUT2D eigenvalue weighted by Gasteiger charge is -2.24. The summed E-state index contributed by atoms with van der Waals surface area (Å²) < 4.78 is 5.68. The minimum Gasteiger partial charge on any atom is -0.491 e. The van der Waals surface area contributed by atoms with E-state index in [1.165, 1.54) is 24.8 Å². The van der Waals surface area contributed by atoms with E-state index in [2.05, 4.69) is 61.0 Å². The van der Waals surface area contributed by atoms with Crippen molar-refractivity contribution in [2.75, 3.05) is 0 Å². The molecule has 0 bridgehead atoms. The molecule has 1 aromatic rings. The number of halogens is 1. The Balaban J connectivity index is 2.12. The maximum atomic E-state index is 5.68. The molecule has 1 aliphatic carbocycles. The second-order valence-corrected chi connectivity index (χ2v) is 6.89. The summed E-state index contributed by atoms with van der Waals surface area (Å²) in [5, 5.41) is 0. The molecular weight excluding hydrogens is 276 g/mol. The molecule has 2 atom stereocenters. The molecule has 0 amide bonds. The van der Waals surface area contributed by atoms with Gasteiger partial charge in [0, 0.05) is 4.83 Å². The number of benzene rings is 1. The molecule has 0 saturated heterocycles. The average Bonchev–Trinajstić information content (AvgIpc) is 2.60. The van der Waals surface area contributed by atoms with Crippen molar-refractivity contribution < 1.29 is 4.74 Å². The van der Waals surface area contributed by atoms with Gasteiger partial charge >= 0.3 is 0 Å². The number of hydrogen-bond donors (Lipinski definition) is 0. The Hall–Kier alpha value is -0.500. The number of ether oxygens (including phenoxy) is 1. The van der Waals surface area contributed by atoms with Crippen LogP contribution in [0.1, 0.15) is 45.6 Å². The Kier molecular flexibility index (Phi) is 3.82. The minimum atomic E-state index is 0.245. The fourth-order valence-corrected chi connectivity index (χ4v) is 3.58. The van der Waals surface area contributed by atoms with Gasteiger partial charge in [-0.2, -0.15) is 0 Å². The first kappa shape index (κ1) is 12.9. The maximum Gasteiger partial charge on any atom is 0.119 e. The molecule has 1 saturated carbocycles. The van der Waals surface area contributed by atoms with Crippen LogP contribution in [0.3, 0.4) is 0 Å². The van der Waals surface area contributed by atoms with E-state index in [0.717, 1.165) is 5.75 Å². The van der Waals surface area contributed by atoms with Gasteiger partial charge in [0.05, 0.1) is 6.10 Å². The van der Waals surface area contributed by atoms with Crippen molar-refractivity contribution >= 4 is 15.9 Å². The van der Waals surface area contributed by atoms with Crippen molar-refractivity contribution in [3.63, 3.8) is 0 Å². The molecule has 1 aliphatic rings. The quantitative estimate of drug-likeness (QED) is 0.736. The highest BCUT2D eigenvalue weighted by Crippen LogP contribution is 2.43. The van der Waals surface area contributed by atoms with Crippen LogP contribution in [0.15, 0.2) is 24.3 Å². The highest BCUT2D eigenvalue weighted by atomic mass is 79.9. The third kappa shape index (κ3) is 3.04. The van der Waals surface area contributed by atoms with E-state index >= 15 is 0 Å². The Morgan fingerprint density at radius 3 is 2.41 bits per heavy atom. The van der Waals surface area contributed by atoms with E-state index in [4.69, 9.17) is 4.74 Å². The van der Waals surface area contributed by atoms with E-state index in [9.17, 15) is 0 Å². The normalized spacial score (nSPS) is 28.6. The summed E-state index contributed by atoms with van der Waals surface area (Å²) in [5.41, 5.74) is 1.78. The van der Waals surface area contributed by atoms with Crippen molar-refractivity contribution in [1.29, 1.82) is 0 Å². The number of rotatable bonds is 3. The van der Waals surface area contributed by atoms with Crippen LogP contribution in [0.25, 0.3) is 0 Å². The molecule has 1 nitrogen and oxygen atoms in total. The summed E-state index contributed by atoms with van der Waals surface area (Å²) in [6, 6.07) is 8.65. The molecule has 1 fully saturated rings. The number of alkyl halides is 1. The van der Waals surface area contributed by atoms with Crippen LogP contribution in [-0.2, 0) is 5.41 Å². The van der Waals surface area contributed by atoms with E-state index in [-0.39, 0.29) is 6.10 Å². The highest BCUT2D eigenvalue weighted by Gasteiger charge is 2.35. The molecule has 1 aromatic carbocycles. The fraction of sp³-hybridized carbons (Fsp3) is 0.600. The highest BCUT2D eigenvalue weighted by molar-refractivity contribution is 9.09. The first-order valence-electron chi connectivity index (χ1n) is 6.41. The largest absolute Gasteiger partial charge is 0.491 e.